The van der Waals surface area contributed by atoms with Gasteiger partial charge >= 0.3 is 0 Å². The van der Waals surface area contributed by atoms with E-state index < -0.39 is 10.2 Å². The van der Waals surface area contributed by atoms with Crippen molar-refractivity contribution in [1.82, 2.24) is 0 Å². The van der Waals surface area contributed by atoms with Gasteiger partial charge in [-0.2, -0.15) is 0 Å². The fourth-order valence-electron chi connectivity index (χ4n) is 2.51. The molecule has 2 aromatic carbocycles. The Kier molecular flexibility index (Phi) is 7.57. The van der Waals surface area contributed by atoms with Gasteiger partial charge in [-0.3, -0.25) is 19.7 Å². The molecule has 1 unspecified atom stereocenters. The lowest BCUT2D eigenvalue weighted by atomic mass is 10.1. The molecule has 2 N–H and O–H groups in total. The van der Waals surface area contributed by atoms with Gasteiger partial charge in [-0.1, -0.05) is 43.7 Å². The Morgan fingerprint density at radius 1 is 1.07 bits per heavy atom. The minimum atomic E-state index is -0.540. The van der Waals surface area contributed by atoms with E-state index in [1.807, 2.05) is 45.0 Å². The van der Waals surface area contributed by atoms with E-state index in [1.165, 1.54) is 30.0 Å². The summed E-state index contributed by atoms with van der Waals surface area (Å²) in [6.07, 6.45) is 0. The molecule has 0 radical (unpaired) electrons. The minimum Gasteiger partial charge on any atom is -0.325 e. The van der Waals surface area contributed by atoms with Crippen LogP contribution in [0.2, 0.25) is 0 Å². The second kappa shape index (κ2) is 9.89. The largest absolute Gasteiger partial charge is 0.325 e. The van der Waals surface area contributed by atoms with Crippen LogP contribution in [0.15, 0.2) is 48.5 Å². The van der Waals surface area contributed by atoms with E-state index in [9.17, 15) is 19.7 Å². The molecule has 0 aromatic heterocycles. The van der Waals surface area contributed by atoms with Gasteiger partial charge in [-0.25, -0.2) is 0 Å². The Morgan fingerprint density at radius 3 is 2.32 bits per heavy atom. The monoisotopic (exact) mass is 401 g/mol. The number of thioether (sulfide) groups is 1. The Labute approximate surface area is 168 Å². The van der Waals surface area contributed by atoms with Gasteiger partial charge in [0, 0.05) is 11.8 Å². The van der Waals surface area contributed by atoms with Crippen molar-refractivity contribution in [3.8, 4) is 0 Å². The first-order valence-corrected chi connectivity index (χ1v) is 9.85. The van der Waals surface area contributed by atoms with E-state index in [0.717, 1.165) is 5.56 Å². The first-order chi connectivity index (χ1) is 13.3. The number of rotatable bonds is 8. The number of hydrogen-bond donors (Lipinski definition) is 2. The molecule has 1 atom stereocenters. The fourth-order valence-corrected chi connectivity index (χ4v) is 3.51. The number of nitrogens with zero attached hydrogens (tertiary/aromatic N) is 1. The average Bonchev–Trinajstić information content (AvgIpc) is 2.63. The predicted molar refractivity (Wildman–Crippen MR) is 113 cm³/mol. The molecular formula is C20H23N3O4S. The second-order valence-electron chi connectivity index (χ2n) is 6.65. The van der Waals surface area contributed by atoms with Gasteiger partial charge < -0.3 is 10.6 Å². The number of anilines is 2. The van der Waals surface area contributed by atoms with Crippen LogP contribution in [-0.2, 0) is 9.59 Å². The summed E-state index contributed by atoms with van der Waals surface area (Å²) in [5, 5.41) is 16.0. The summed E-state index contributed by atoms with van der Waals surface area (Å²) in [4.78, 5) is 35.4. The Morgan fingerprint density at radius 2 is 1.71 bits per heavy atom. The SMILES string of the molecule is Cc1ccc(NC(=O)CSC(C(=O)Nc2ccccc2[N+](=O)[O-])C(C)C)cc1. The van der Waals surface area contributed by atoms with E-state index in [2.05, 4.69) is 10.6 Å². The number of hydrogen-bond acceptors (Lipinski definition) is 5. The van der Waals surface area contributed by atoms with E-state index in [-0.39, 0.29) is 34.9 Å². The van der Waals surface area contributed by atoms with Crippen LogP contribution in [0, 0.1) is 23.0 Å². The quantitative estimate of drug-likeness (QED) is 0.509. The van der Waals surface area contributed by atoms with Crippen molar-refractivity contribution in [3.05, 3.63) is 64.2 Å². The maximum absolute atomic E-state index is 12.7. The summed E-state index contributed by atoms with van der Waals surface area (Å²) in [6.45, 7) is 5.70. The van der Waals surface area contributed by atoms with E-state index >= 15 is 0 Å². The van der Waals surface area contributed by atoms with Crippen LogP contribution >= 0.6 is 11.8 Å². The maximum atomic E-state index is 12.7. The van der Waals surface area contributed by atoms with Crippen LogP contribution in [0.5, 0.6) is 0 Å². The maximum Gasteiger partial charge on any atom is 0.292 e. The number of nitro benzene ring substituents is 1. The zero-order chi connectivity index (χ0) is 20.7. The number of benzene rings is 2. The van der Waals surface area contributed by atoms with Crippen LogP contribution in [0.3, 0.4) is 0 Å². The number of carbonyl (C=O) groups excluding carboxylic acids is 2. The fraction of sp³-hybridized carbons (Fsp3) is 0.300. The van der Waals surface area contributed by atoms with E-state index in [1.54, 1.807) is 6.07 Å². The van der Waals surface area contributed by atoms with Crippen LogP contribution in [0.25, 0.3) is 0 Å². The number of para-hydroxylation sites is 2. The molecule has 148 valence electrons. The molecule has 0 spiro atoms. The lowest BCUT2D eigenvalue weighted by Crippen LogP contribution is -2.31. The van der Waals surface area contributed by atoms with Crippen LogP contribution in [0.4, 0.5) is 17.1 Å². The standard InChI is InChI=1S/C20H23N3O4S/c1-13(2)19(20(25)22-16-6-4-5-7-17(16)23(26)27)28-12-18(24)21-15-10-8-14(3)9-11-15/h4-11,13,19H,12H2,1-3H3,(H,21,24)(H,22,25). The number of amides is 2. The second-order valence-corrected chi connectivity index (χ2v) is 7.78. The Hall–Kier alpha value is -2.87. The molecular weight excluding hydrogens is 378 g/mol. The third kappa shape index (κ3) is 6.09. The molecule has 0 aliphatic heterocycles. The van der Waals surface area contributed by atoms with Crippen molar-refractivity contribution in [3.63, 3.8) is 0 Å². The highest BCUT2D eigenvalue weighted by Gasteiger charge is 2.26. The number of nitrogens with one attached hydrogen (secondary N) is 2. The number of nitro groups is 1. The molecule has 28 heavy (non-hydrogen) atoms. The summed E-state index contributed by atoms with van der Waals surface area (Å²) < 4.78 is 0. The normalized spacial score (nSPS) is 11.7. The average molecular weight is 401 g/mol. The zero-order valence-corrected chi connectivity index (χ0v) is 16.8. The van der Waals surface area contributed by atoms with Gasteiger partial charge in [0.1, 0.15) is 5.69 Å². The molecule has 0 heterocycles. The van der Waals surface area contributed by atoms with Gasteiger partial charge in [0.05, 0.1) is 15.9 Å². The van der Waals surface area contributed by atoms with E-state index in [4.69, 9.17) is 0 Å². The molecule has 0 saturated heterocycles. The van der Waals surface area contributed by atoms with Crippen molar-refractivity contribution >= 4 is 40.6 Å². The van der Waals surface area contributed by atoms with Gasteiger partial charge in [-0.15, -0.1) is 11.8 Å². The van der Waals surface area contributed by atoms with Gasteiger partial charge in [-0.05, 0) is 31.0 Å². The van der Waals surface area contributed by atoms with Crippen LogP contribution in [0.1, 0.15) is 19.4 Å². The third-order valence-corrected chi connectivity index (χ3v) is 5.50. The third-order valence-electron chi connectivity index (χ3n) is 3.95. The van der Waals surface area contributed by atoms with Gasteiger partial charge in [0.15, 0.2) is 0 Å². The van der Waals surface area contributed by atoms with Crippen molar-refractivity contribution in [2.24, 2.45) is 5.92 Å². The first-order valence-electron chi connectivity index (χ1n) is 8.80. The molecule has 0 aliphatic rings. The van der Waals surface area contributed by atoms with Crippen molar-refractivity contribution < 1.29 is 14.5 Å². The lowest BCUT2D eigenvalue weighted by molar-refractivity contribution is -0.383. The molecule has 0 bridgehead atoms. The van der Waals surface area contributed by atoms with Gasteiger partial charge in [0.2, 0.25) is 11.8 Å². The molecule has 0 fully saturated rings. The van der Waals surface area contributed by atoms with Crippen molar-refractivity contribution in [2.75, 3.05) is 16.4 Å². The number of aryl methyl sites for hydroxylation is 1. The summed E-state index contributed by atoms with van der Waals surface area (Å²) in [5.41, 5.74) is 1.77. The van der Waals surface area contributed by atoms with E-state index in [0.29, 0.717) is 5.69 Å². The highest BCUT2D eigenvalue weighted by Crippen LogP contribution is 2.26. The highest BCUT2D eigenvalue weighted by atomic mass is 32.2. The Balaban J connectivity index is 1.99. The lowest BCUT2D eigenvalue weighted by Gasteiger charge is -2.19. The van der Waals surface area contributed by atoms with Gasteiger partial charge in [0.25, 0.3) is 5.69 Å². The zero-order valence-electron chi connectivity index (χ0n) is 16.0. The molecule has 2 amide bonds. The molecule has 2 rings (SSSR count). The summed E-state index contributed by atoms with van der Waals surface area (Å²) >= 11 is 1.21. The molecule has 8 heteroatoms. The topological polar surface area (TPSA) is 101 Å². The summed E-state index contributed by atoms with van der Waals surface area (Å²) in [6, 6.07) is 13.4. The minimum absolute atomic E-state index is 0.0556. The Bertz CT molecular complexity index is 853. The molecule has 0 saturated carbocycles. The summed E-state index contributed by atoms with van der Waals surface area (Å²) in [5.74, 6) is -0.531. The first kappa shape index (κ1) is 21.4. The molecule has 7 nitrogen and oxygen atoms in total. The van der Waals surface area contributed by atoms with Crippen molar-refractivity contribution in [1.29, 1.82) is 0 Å². The van der Waals surface area contributed by atoms with Crippen LogP contribution < -0.4 is 10.6 Å². The summed E-state index contributed by atoms with van der Waals surface area (Å²) in [7, 11) is 0. The molecule has 0 aliphatic carbocycles. The molecule has 2 aromatic rings. The predicted octanol–water partition coefficient (Wildman–Crippen LogP) is 4.24. The smallest absolute Gasteiger partial charge is 0.292 e. The van der Waals surface area contributed by atoms with Crippen LogP contribution in [-0.4, -0.2) is 27.7 Å². The highest BCUT2D eigenvalue weighted by molar-refractivity contribution is 8.01. The number of carbonyl (C=O) groups is 2. The van der Waals surface area contributed by atoms with Crippen molar-refractivity contribution in [2.45, 2.75) is 26.0 Å².